The summed E-state index contributed by atoms with van der Waals surface area (Å²) < 4.78 is 14.3. The van der Waals surface area contributed by atoms with Gasteiger partial charge in [-0.2, -0.15) is 0 Å². The Morgan fingerprint density at radius 2 is 1.81 bits per heavy atom. The van der Waals surface area contributed by atoms with Crippen LogP contribution in [0.1, 0.15) is 69.5 Å². The fourth-order valence-corrected chi connectivity index (χ4v) is 7.93. The van der Waals surface area contributed by atoms with Gasteiger partial charge in [0.1, 0.15) is 11.9 Å². The molecular weight excluding hydrogens is 619 g/mol. The van der Waals surface area contributed by atoms with Crippen LogP contribution in [0.4, 0.5) is 4.39 Å². The van der Waals surface area contributed by atoms with Crippen LogP contribution in [0.25, 0.3) is 22.2 Å². The topological polar surface area (TPSA) is 120 Å². The minimum absolute atomic E-state index is 0.00841. The van der Waals surface area contributed by atoms with Gasteiger partial charge in [-0.25, -0.2) is 4.39 Å². The third kappa shape index (κ3) is 5.84. The van der Waals surface area contributed by atoms with Crippen LogP contribution in [0, 0.1) is 5.82 Å². The van der Waals surface area contributed by atoms with Crippen LogP contribution < -0.4 is 5.32 Å². The summed E-state index contributed by atoms with van der Waals surface area (Å²) in [5.74, 6) is -0.911. The molecule has 47 heavy (non-hydrogen) atoms. The van der Waals surface area contributed by atoms with Crippen LogP contribution in [0.5, 0.6) is 0 Å². The molecule has 2 N–H and O–H groups in total. The quantitative estimate of drug-likeness (QED) is 0.195. The van der Waals surface area contributed by atoms with Gasteiger partial charge in [0, 0.05) is 77.8 Å². The van der Waals surface area contributed by atoms with Crippen molar-refractivity contribution in [1.82, 2.24) is 20.1 Å². The number of carbonyl (C=O) groups excluding carboxylic acids is 5. The number of ketones is 1. The molecule has 3 heterocycles. The molecule has 240 valence electrons. The number of carbonyl (C=O) groups is 5. The van der Waals surface area contributed by atoms with E-state index in [1.54, 1.807) is 18.0 Å². The largest absolute Gasteiger partial charge is 0.354 e. The van der Waals surface area contributed by atoms with Crippen LogP contribution in [0.15, 0.2) is 59.5 Å². The number of Topliss-reactive ketones (excluding diaryl/α,β-unsaturated/α-hetero) is 1. The van der Waals surface area contributed by atoms with Crippen LogP contribution in [-0.2, 0) is 33.9 Å². The lowest BCUT2D eigenvalue weighted by Crippen LogP contribution is -2.52. The predicted octanol–water partition coefficient (Wildman–Crippen LogP) is 5.39. The van der Waals surface area contributed by atoms with E-state index in [2.05, 4.69) is 10.3 Å². The van der Waals surface area contributed by atoms with Gasteiger partial charge in [0.15, 0.2) is 5.78 Å². The van der Waals surface area contributed by atoms with E-state index in [4.69, 9.17) is 0 Å². The van der Waals surface area contributed by atoms with Gasteiger partial charge in [0.2, 0.25) is 17.7 Å². The highest BCUT2D eigenvalue weighted by Gasteiger charge is 2.39. The van der Waals surface area contributed by atoms with Crippen LogP contribution in [0.3, 0.4) is 0 Å². The number of thioether (sulfide) groups is 1. The fourth-order valence-electron chi connectivity index (χ4n) is 6.91. The maximum Gasteiger partial charge on any atom is 0.255 e. The van der Waals surface area contributed by atoms with Crippen molar-refractivity contribution in [1.29, 1.82) is 0 Å². The molecule has 0 radical (unpaired) electrons. The second kappa shape index (κ2) is 12.4. The summed E-state index contributed by atoms with van der Waals surface area (Å²) in [5.41, 5.74) is 6.32. The van der Waals surface area contributed by atoms with E-state index in [1.807, 2.05) is 36.4 Å². The number of amides is 4. The number of fused-ring (bicyclic) bond motifs is 1. The summed E-state index contributed by atoms with van der Waals surface area (Å²) in [6.45, 7) is 0.729. The van der Waals surface area contributed by atoms with Crippen molar-refractivity contribution < 1.29 is 28.4 Å². The molecule has 7 rings (SSSR count). The molecule has 2 aliphatic heterocycles. The lowest BCUT2D eigenvalue weighted by molar-refractivity contribution is -0.137. The molecule has 0 saturated carbocycles. The lowest BCUT2D eigenvalue weighted by atomic mass is 9.99. The van der Waals surface area contributed by atoms with Gasteiger partial charge in [-0.05, 0) is 65.8 Å². The van der Waals surface area contributed by atoms with Gasteiger partial charge in [0.25, 0.3) is 5.91 Å². The van der Waals surface area contributed by atoms with E-state index in [1.165, 1.54) is 28.8 Å². The maximum atomic E-state index is 14.3. The van der Waals surface area contributed by atoms with Crippen molar-refractivity contribution in [3.8, 4) is 11.3 Å². The van der Waals surface area contributed by atoms with Gasteiger partial charge in [-0.15, -0.1) is 11.8 Å². The first-order chi connectivity index (χ1) is 22.7. The van der Waals surface area contributed by atoms with Gasteiger partial charge in [-0.3, -0.25) is 29.3 Å². The number of aromatic amines is 1. The normalized spacial score (nSPS) is 17.6. The standard InChI is InChI=1S/C36H33FN4O5S/c1-40(18-20-8-10-21(11-9-20)34-24-5-2-6-29(42)25-16-22(37)17-27(38-34)33(24)25)32(44)14-15-47-30-7-3-4-23-26(30)19-41(36(23)46)28-12-13-31(43)39-35(28)45/h3-4,7-11,16-17,28,38H,2,5-6,12-15,18-19H2,1H3,(H,39,43,45). The maximum absolute atomic E-state index is 14.3. The molecule has 1 unspecified atom stereocenters. The first-order valence-corrected chi connectivity index (χ1v) is 16.8. The molecule has 0 bridgehead atoms. The summed E-state index contributed by atoms with van der Waals surface area (Å²) >= 11 is 1.51. The number of hydrogen-bond acceptors (Lipinski definition) is 6. The third-order valence-corrected chi connectivity index (χ3v) is 10.4. The Bertz CT molecular complexity index is 1970. The highest BCUT2D eigenvalue weighted by atomic mass is 32.2. The fraction of sp³-hybridized carbons (Fsp3) is 0.306. The van der Waals surface area contributed by atoms with Gasteiger partial charge in [-0.1, -0.05) is 30.3 Å². The summed E-state index contributed by atoms with van der Waals surface area (Å²) in [7, 11) is 1.77. The minimum Gasteiger partial charge on any atom is -0.354 e. The van der Waals surface area contributed by atoms with E-state index < -0.39 is 17.8 Å². The van der Waals surface area contributed by atoms with Crippen molar-refractivity contribution in [3.05, 3.63) is 88.2 Å². The van der Waals surface area contributed by atoms with Crippen LogP contribution >= 0.6 is 11.8 Å². The zero-order valence-electron chi connectivity index (χ0n) is 25.9. The molecule has 11 heteroatoms. The molecule has 3 aliphatic rings. The Kier molecular flexibility index (Phi) is 8.17. The number of rotatable bonds is 8. The Morgan fingerprint density at radius 1 is 1.00 bits per heavy atom. The molecule has 9 nitrogen and oxygen atoms in total. The first-order valence-electron chi connectivity index (χ1n) is 15.8. The second-order valence-electron chi connectivity index (χ2n) is 12.4. The molecule has 1 atom stereocenters. The number of piperidine rings is 1. The van der Waals surface area contributed by atoms with Crippen molar-refractivity contribution in [2.75, 3.05) is 12.8 Å². The van der Waals surface area contributed by atoms with E-state index in [-0.39, 0.29) is 29.9 Å². The Hall–Kier alpha value is -4.77. The zero-order valence-corrected chi connectivity index (χ0v) is 26.7. The second-order valence-corrected chi connectivity index (χ2v) is 13.5. The number of hydrogen-bond donors (Lipinski definition) is 2. The highest BCUT2D eigenvalue weighted by molar-refractivity contribution is 7.99. The monoisotopic (exact) mass is 652 g/mol. The van der Waals surface area contributed by atoms with Crippen LogP contribution in [-0.4, -0.2) is 63.0 Å². The average molecular weight is 653 g/mol. The number of aryl methyl sites for hydroxylation is 1. The van der Waals surface area contributed by atoms with Crippen molar-refractivity contribution in [3.63, 3.8) is 0 Å². The number of benzene rings is 3. The smallest absolute Gasteiger partial charge is 0.255 e. The first kappa shape index (κ1) is 30.9. The van der Waals surface area contributed by atoms with Gasteiger partial charge >= 0.3 is 0 Å². The van der Waals surface area contributed by atoms with Crippen molar-refractivity contribution >= 4 is 52.1 Å². The van der Waals surface area contributed by atoms with Crippen molar-refractivity contribution in [2.45, 2.75) is 62.6 Å². The number of halogens is 1. The van der Waals surface area contributed by atoms with Gasteiger partial charge in [0.05, 0.1) is 0 Å². The van der Waals surface area contributed by atoms with E-state index in [0.29, 0.717) is 61.2 Å². The number of imide groups is 1. The summed E-state index contributed by atoms with van der Waals surface area (Å²) in [4.78, 5) is 70.3. The van der Waals surface area contributed by atoms with Gasteiger partial charge < -0.3 is 14.8 Å². The zero-order chi connectivity index (χ0) is 32.8. The number of H-pyrrole nitrogens is 1. The Morgan fingerprint density at radius 3 is 2.60 bits per heavy atom. The molecular formula is C36H33FN4O5S. The van der Waals surface area contributed by atoms with E-state index >= 15 is 0 Å². The predicted molar refractivity (Wildman–Crippen MR) is 175 cm³/mol. The molecule has 4 amide bonds. The Labute approximate surface area is 274 Å². The SMILES string of the molecule is CN(Cc1ccc(-c2[nH]c3cc(F)cc4c3c2CCCC4=O)cc1)C(=O)CCSc1cccc2c1CN(C1CCC(=O)NC1=O)C2=O. The van der Waals surface area contributed by atoms with E-state index in [0.717, 1.165) is 44.7 Å². The molecule has 4 aromatic rings. The molecule has 1 fully saturated rings. The molecule has 0 spiro atoms. The number of nitrogens with one attached hydrogen (secondary N) is 2. The van der Waals surface area contributed by atoms with Crippen molar-refractivity contribution in [2.24, 2.45) is 0 Å². The molecule has 1 aliphatic carbocycles. The minimum atomic E-state index is -0.669. The number of aromatic nitrogens is 1. The van der Waals surface area contributed by atoms with E-state index in [9.17, 15) is 28.4 Å². The third-order valence-electron chi connectivity index (χ3n) is 9.30. The highest BCUT2D eigenvalue weighted by Crippen LogP contribution is 2.37. The molecule has 1 aromatic heterocycles. The molecule has 1 saturated heterocycles. The lowest BCUT2D eigenvalue weighted by Gasteiger charge is -2.29. The summed E-state index contributed by atoms with van der Waals surface area (Å²) in [6, 6.07) is 15.6. The van der Waals surface area contributed by atoms with Crippen LogP contribution in [0.2, 0.25) is 0 Å². The summed E-state index contributed by atoms with van der Waals surface area (Å²) in [5, 5.41) is 3.14. The molecule has 3 aromatic carbocycles. The average Bonchev–Trinajstić information content (AvgIpc) is 3.52. The number of nitrogens with zero attached hydrogens (tertiary/aromatic N) is 2. The summed E-state index contributed by atoms with van der Waals surface area (Å²) in [6.07, 6.45) is 2.67. The Balaban J connectivity index is 0.971.